The highest BCUT2D eigenvalue weighted by molar-refractivity contribution is 6.13. The van der Waals surface area contributed by atoms with E-state index in [1.54, 1.807) is 6.20 Å². The minimum atomic E-state index is 0.0346. The van der Waals surface area contributed by atoms with Crippen LogP contribution in [0.25, 0.3) is 72.7 Å². The van der Waals surface area contributed by atoms with Gasteiger partial charge in [-0.3, -0.25) is 9.55 Å². The number of benzene rings is 5. The smallest absolute Gasteiger partial charge is 0.187 e. The van der Waals surface area contributed by atoms with E-state index in [0.717, 1.165) is 39.7 Å². The molecule has 0 saturated heterocycles. The van der Waals surface area contributed by atoms with Gasteiger partial charge in [-0.2, -0.15) is 0 Å². The van der Waals surface area contributed by atoms with Crippen molar-refractivity contribution in [2.45, 2.75) is 26.2 Å². The number of hydrogen-bond acceptors (Lipinski definition) is 4. The van der Waals surface area contributed by atoms with Crippen LogP contribution in [0.1, 0.15) is 26.3 Å². The fraction of sp³-hybridized carbons (Fsp3) is 0.0952. The lowest BCUT2D eigenvalue weighted by atomic mass is 9.87. The van der Waals surface area contributed by atoms with Gasteiger partial charge in [-0.05, 0) is 92.2 Å². The number of hydrogen-bond donors (Lipinski definition) is 0. The van der Waals surface area contributed by atoms with Gasteiger partial charge in [-0.15, -0.1) is 10.2 Å². The zero-order valence-corrected chi connectivity index (χ0v) is 26.6. The third kappa shape index (κ3) is 5.26. The van der Waals surface area contributed by atoms with Gasteiger partial charge in [0.2, 0.25) is 0 Å². The maximum atomic E-state index is 5.01. The summed E-state index contributed by atoms with van der Waals surface area (Å²) < 4.78 is 2.12. The van der Waals surface area contributed by atoms with Crippen molar-refractivity contribution in [2.24, 2.45) is 0 Å². The summed E-state index contributed by atoms with van der Waals surface area (Å²) in [6.45, 7) is 6.69. The van der Waals surface area contributed by atoms with Crippen molar-refractivity contribution in [3.05, 3.63) is 151 Å². The summed E-state index contributed by atoms with van der Waals surface area (Å²) >= 11 is 0. The number of nitrogens with zero attached hydrogens (tertiary/aromatic N) is 5. The highest BCUT2D eigenvalue weighted by Crippen LogP contribution is 2.37. The van der Waals surface area contributed by atoms with E-state index in [2.05, 4.69) is 133 Å². The second-order valence-electron chi connectivity index (χ2n) is 12.9. The Kier molecular flexibility index (Phi) is 6.95. The Balaban J connectivity index is 1.31. The molecule has 8 aromatic rings. The molecule has 47 heavy (non-hydrogen) atoms. The second-order valence-corrected chi connectivity index (χ2v) is 12.9. The monoisotopic (exact) mass is 607 g/mol. The van der Waals surface area contributed by atoms with Crippen LogP contribution in [0.3, 0.4) is 0 Å². The van der Waals surface area contributed by atoms with Crippen LogP contribution < -0.4 is 0 Å². The Bertz CT molecular complexity index is 2380. The Morgan fingerprint density at radius 3 is 1.96 bits per heavy atom. The first-order valence-corrected chi connectivity index (χ1v) is 15.9. The van der Waals surface area contributed by atoms with Crippen LogP contribution in [-0.2, 0) is 5.41 Å². The van der Waals surface area contributed by atoms with Crippen molar-refractivity contribution in [1.29, 1.82) is 0 Å². The molecule has 3 heterocycles. The van der Waals surface area contributed by atoms with E-state index in [1.165, 1.54) is 32.7 Å². The van der Waals surface area contributed by atoms with Crippen molar-refractivity contribution < 1.29 is 0 Å². The number of pyridine rings is 2. The first kappa shape index (κ1) is 28.5. The molecule has 0 spiro atoms. The predicted molar refractivity (Wildman–Crippen MR) is 192 cm³/mol. The first-order chi connectivity index (χ1) is 22.9. The van der Waals surface area contributed by atoms with Crippen molar-refractivity contribution in [3.63, 3.8) is 0 Å². The fourth-order valence-corrected chi connectivity index (χ4v) is 6.33. The van der Waals surface area contributed by atoms with Gasteiger partial charge in [-0.25, -0.2) is 4.98 Å². The third-order valence-corrected chi connectivity index (χ3v) is 8.76. The molecule has 0 aliphatic heterocycles. The molecule has 5 heteroatoms. The molecule has 0 aliphatic carbocycles. The maximum absolute atomic E-state index is 5.01. The molecule has 0 bridgehead atoms. The number of aromatic nitrogens is 5. The summed E-state index contributed by atoms with van der Waals surface area (Å²) in [5.41, 5.74) is 7.87. The Hall–Kier alpha value is -5.94. The van der Waals surface area contributed by atoms with Gasteiger partial charge in [0.25, 0.3) is 0 Å². The first-order valence-electron chi connectivity index (χ1n) is 15.9. The van der Waals surface area contributed by atoms with Crippen LogP contribution in [0, 0.1) is 0 Å². The van der Waals surface area contributed by atoms with Crippen LogP contribution in [0.2, 0.25) is 0 Å². The molecule has 0 saturated carbocycles. The summed E-state index contributed by atoms with van der Waals surface area (Å²) in [4.78, 5) is 9.53. The SMILES string of the molecule is CC(C)(C)c1ccc(-n2c(-c3cccc(-c4cc5ccccc5c5ccccc45)c3)nnc2-c2cccc(-c3ccccn3)n2)cc1. The molecule has 0 N–H and O–H groups in total. The molecule has 0 unspecified atom stereocenters. The molecule has 0 amide bonds. The average molecular weight is 608 g/mol. The highest BCUT2D eigenvalue weighted by Gasteiger charge is 2.21. The van der Waals surface area contributed by atoms with Crippen molar-refractivity contribution in [1.82, 2.24) is 24.7 Å². The molecule has 0 radical (unpaired) electrons. The minimum absolute atomic E-state index is 0.0346. The lowest BCUT2D eigenvalue weighted by Crippen LogP contribution is -2.11. The molecular weight excluding hydrogens is 574 g/mol. The fourth-order valence-electron chi connectivity index (χ4n) is 6.33. The molecule has 5 aromatic carbocycles. The van der Waals surface area contributed by atoms with Crippen LogP contribution in [0.5, 0.6) is 0 Å². The maximum Gasteiger partial charge on any atom is 0.187 e. The third-order valence-electron chi connectivity index (χ3n) is 8.76. The largest absolute Gasteiger partial charge is 0.274 e. The minimum Gasteiger partial charge on any atom is -0.274 e. The molecular formula is C42H33N5. The van der Waals surface area contributed by atoms with E-state index in [9.17, 15) is 0 Å². The Morgan fingerprint density at radius 2 is 1.17 bits per heavy atom. The van der Waals surface area contributed by atoms with Gasteiger partial charge in [0, 0.05) is 17.4 Å². The Morgan fingerprint density at radius 1 is 0.511 bits per heavy atom. The second kappa shape index (κ2) is 11.5. The molecule has 8 rings (SSSR count). The molecule has 0 aliphatic rings. The van der Waals surface area contributed by atoms with Gasteiger partial charge in [0.05, 0.1) is 11.4 Å². The van der Waals surface area contributed by atoms with Crippen molar-refractivity contribution in [2.75, 3.05) is 0 Å². The zero-order valence-electron chi connectivity index (χ0n) is 26.6. The van der Waals surface area contributed by atoms with E-state index >= 15 is 0 Å². The molecule has 0 atom stereocenters. The quantitative estimate of drug-likeness (QED) is 0.183. The molecule has 3 aromatic heterocycles. The zero-order chi connectivity index (χ0) is 32.0. The van der Waals surface area contributed by atoms with E-state index in [4.69, 9.17) is 15.2 Å². The summed E-state index contributed by atoms with van der Waals surface area (Å²) in [6, 6.07) is 48.6. The van der Waals surface area contributed by atoms with E-state index < -0.39 is 0 Å². The standard InChI is InChI=1S/C42H33N5/c1-42(2,3)31-21-23-32(24-22-31)47-40(45-46-41(47)39-20-11-19-38(44-39)37-18-8-9-25-43-37)30-14-10-13-28(26-30)36-27-29-12-4-5-15-33(29)34-16-6-7-17-35(34)36/h4-27H,1-3H3. The normalized spacial score (nSPS) is 11.7. The van der Waals surface area contributed by atoms with Crippen molar-refractivity contribution >= 4 is 21.5 Å². The van der Waals surface area contributed by atoms with Gasteiger partial charge >= 0.3 is 0 Å². The van der Waals surface area contributed by atoms with E-state index in [0.29, 0.717) is 5.82 Å². The van der Waals surface area contributed by atoms with Crippen molar-refractivity contribution in [3.8, 4) is 51.1 Å². The molecule has 5 nitrogen and oxygen atoms in total. The number of rotatable bonds is 5. The lowest BCUT2D eigenvalue weighted by molar-refractivity contribution is 0.590. The van der Waals surface area contributed by atoms with Gasteiger partial charge in [0.1, 0.15) is 5.69 Å². The predicted octanol–water partition coefficient (Wildman–Crippen LogP) is 10.3. The van der Waals surface area contributed by atoms with Crippen LogP contribution in [0.15, 0.2) is 146 Å². The van der Waals surface area contributed by atoms with Gasteiger partial charge in [0.15, 0.2) is 11.6 Å². The average Bonchev–Trinajstić information content (AvgIpc) is 3.57. The van der Waals surface area contributed by atoms with Gasteiger partial charge in [-0.1, -0.05) is 112 Å². The summed E-state index contributed by atoms with van der Waals surface area (Å²) in [5, 5.41) is 14.5. The number of fused-ring (bicyclic) bond motifs is 3. The van der Waals surface area contributed by atoms with Crippen LogP contribution in [0.4, 0.5) is 0 Å². The van der Waals surface area contributed by atoms with Crippen LogP contribution >= 0.6 is 0 Å². The van der Waals surface area contributed by atoms with Gasteiger partial charge < -0.3 is 0 Å². The molecule has 0 fully saturated rings. The lowest BCUT2D eigenvalue weighted by Gasteiger charge is -2.20. The summed E-state index contributed by atoms with van der Waals surface area (Å²) in [6.07, 6.45) is 1.78. The molecule has 226 valence electrons. The van der Waals surface area contributed by atoms with E-state index in [-0.39, 0.29) is 5.41 Å². The van der Waals surface area contributed by atoms with E-state index in [1.807, 2.05) is 36.4 Å². The summed E-state index contributed by atoms with van der Waals surface area (Å²) in [7, 11) is 0. The summed E-state index contributed by atoms with van der Waals surface area (Å²) in [5.74, 6) is 1.42. The highest BCUT2D eigenvalue weighted by atomic mass is 15.3. The Labute approximate surface area is 274 Å². The topological polar surface area (TPSA) is 56.5 Å². The van der Waals surface area contributed by atoms with Crippen LogP contribution in [-0.4, -0.2) is 24.7 Å².